The first-order valence-corrected chi connectivity index (χ1v) is 5.63. The van der Waals surface area contributed by atoms with Crippen LogP contribution in [0, 0.1) is 0 Å². The lowest BCUT2D eigenvalue weighted by Crippen LogP contribution is -2.37. The average Bonchev–Trinajstić information content (AvgIpc) is 2.41. The van der Waals surface area contributed by atoms with E-state index < -0.39 is 0 Å². The maximum atomic E-state index is 5.81. The van der Waals surface area contributed by atoms with Gasteiger partial charge in [0, 0.05) is 6.04 Å². The molecule has 0 aromatic heterocycles. The van der Waals surface area contributed by atoms with Gasteiger partial charge in [0.15, 0.2) is 5.96 Å². The van der Waals surface area contributed by atoms with E-state index in [1.165, 1.54) is 0 Å². The van der Waals surface area contributed by atoms with Crippen molar-refractivity contribution in [1.29, 1.82) is 0 Å². The molecule has 0 bridgehead atoms. The van der Waals surface area contributed by atoms with Crippen LogP contribution in [0.3, 0.4) is 0 Å². The minimum atomic E-state index is 0.0143. The van der Waals surface area contributed by atoms with Gasteiger partial charge >= 0.3 is 0 Å². The molecule has 0 amide bonds. The molecule has 1 unspecified atom stereocenters. The predicted octanol–water partition coefficient (Wildman–Crippen LogP) is 1.26. The third kappa shape index (κ3) is 4.51. The minimum Gasteiger partial charge on any atom is -0.370 e. The normalized spacial score (nSPS) is 25.9. The Balaban J connectivity index is 2.31. The van der Waals surface area contributed by atoms with E-state index in [2.05, 4.69) is 24.2 Å². The van der Waals surface area contributed by atoms with Gasteiger partial charge in [-0.05, 0) is 40.5 Å². The van der Waals surface area contributed by atoms with Gasteiger partial charge < -0.3 is 15.8 Å². The van der Waals surface area contributed by atoms with Crippen LogP contribution in [0.15, 0.2) is 4.99 Å². The zero-order valence-corrected chi connectivity index (χ0v) is 10.2. The van der Waals surface area contributed by atoms with Crippen LogP contribution in [0.2, 0.25) is 0 Å². The van der Waals surface area contributed by atoms with Crippen LogP contribution in [0.25, 0.3) is 0 Å². The minimum absolute atomic E-state index is 0.0143. The molecular weight excluding hydrogens is 190 g/mol. The molecule has 0 radical (unpaired) electrons. The lowest BCUT2D eigenvalue weighted by molar-refractivity contribution is -0.0106. The fourth-order valence-corrected chi connectivity index (χ4v) is 1.75. The Labute approximate surface area is 92.3 Å². The lowest BCUT2D eigenvalue weighted by Gasteiger charge is -2.18. The second kappa shape index (κ2) is 4.84. The number of hydrogen-bond donors (Lipinski definition) is 2. The molecule has 1 atom stereocenters. The van der Waals surface area contributed by atoms with Crippen LogP contribution in [-0.2, 0) is 4.74 Å². The van der Waals surface area contributed by atoms with Crippen molar-refractivity contribution in [2.75, 3.05) is 6.54 Å². The predicted molar refractivity (Wildman–Crippen MR) is 62.9 cm³/mol. The van der Waals surface area contributed by atoms with E-state index in [1.807, 2.05) is 13.8 Å². The molecule has 3 N–H and O–H groups in total. The highest BCUT2D eigenvalue weighted by molar-refractivity contribution is 5.78. The number of nitrogens with one attached hydrogen (secondary N) is 1. The molecule has 15 heavy (non-hydrogen) atoms. The van der Waals surface area contributed by atoms with Crippen molar-refractivity contribution in [3.05, 3.63) is 0 Å². The van der Waals surface area contributed by atoms with Gasteiger partial charge in [0.25, 0.3) is 0 Å². The van der Waals surface area contributed by atoms with Crippen LogP contribution in [0.1, 0.15) is 40.5 Å². The third-order valence-electron chi connectivity index (χ3n) is 2.46. The molecule has 0 spiro atoms. The van der Waals surface area contributed by atoms with E-state index >= 15 is 0 Å². The summed E-state index contributed by atoms with van der Waals surface area (Å²) in [4.78, 5) is 4.27. The van der Waals surface area contributed by atoms with Crippen molar-refractivity contribution >= 4 is 5.96 Å². The van der Waals surface area contributed by atoms with Crippen molar-refractivity contribution in [1.82, 2.24) is 5.32 Å². The standard InChI is InChI=1S/C11H23N3O/c1-8(2)14-10(12)13-7-9-5-6-11(3,4)15-9/h8-9H,5-7H2,1-4H3,(H3,12,13,14). The fraction of sp³-hybridized carbons (Fsp3) is 0.909. The Kier molecular flexibility index (Phi) is 3.97. The number of nitrogens with zero attached hydrogens (tertiary/aromatic N) is 1. The highest BCUT2D eigenvalue weighted by Gasteiger charge is 2.31. The first kappa shape index (κ1) is 12.3. The van der Waals surface area contributed by atoms with Crippen LogP contribution < -0.4 is 11.1 Å². The molecule has 0 saturated carbocycles. The van der Waals surface area contributed by atoms with E-state index in [0.29, 0.717) is 18.5 Å². The summed E-state index contributed by atoms with van der Waals surface area (Å²) in [5.74, 6) is 0.512. The fourth-order valence-electron chi connectivity index (χ4n) is 1.75. The van der Waals surface area contributed by atoms with Gasteiger partial charge in [-0.15, -0.1) is 0 Å². The van der Waals surface area contributed by atoms with Gasteiger partial charge in [-0.3, -0.25) is 4.99 Å². The summed E-state index contributed by atoms with van der Waals surface area (Å²) in [5, 5.41) is 3.06. The van der Waals surface area contributed by atoms with Crippen molar-refractivity contribution < 1.29 is 4.74 Å². The largest absolute Gasteiger partial charge is 0.370 e. The summed E-state index contributed by atoms with van der Waals surface area (Å²) in [6, 6.07) is 0.328. The van der Waals surface area contributed by atoms with Gasteiger partial charge in [-0.1, -0.05) is 0 Å². The van der Waals surface area contributed by atoms with E-state index in [-0.39, 0.29) is 11.7 Å². The highest BCUT2D eigenvalue weighted by Crippen LogP contribution is 2.29. The van der Waals surface area contributed by atoms with Gasteiger partial charge in [-0.2, -0.15) is 0 Å². The van der Waals surface area contributed by atoms with Crippen LogP contribution >= 0.6 is 0 Å². The first-order valence-electron chi connectivity index (χ1n) is 5.63. The van der Waals surface area contributed by atoms with E-state index in [4.69, 9.17) is 10.5 Å². The number of nitrogens with two attached hydrogens (primary N) is 1. The molecule has 1 saturated heterocycles. The summed E-state index contributed by atoms with van der Waals surface area (Å²) >= 11 is 0. The second-order valence-corrected chi connectivity index (χ2v) is 5.06. The average molecular weight is 213 g/mol. The molecule has 4 heteroatoms. The zero-order valence-electron chi connectivity index (χ0n) is 10.2. The number of rotatable bonds is 3. The maximum absolute atomic E-state index is 5.81. The van der Waals surface area contributed by atoms with Crippen molar-refractivity contribution in [3.63, 3.8) is 0 Å². The molecule has 1 aliphatic heterocycles. The molecule has 1 fully saturated rings. The van der Waals surface area contributed by atoms with Crippen LogP contribution in [-0.4, -0.2) is 30.3 Å². The Morgan fingerprint density at radius 3 is 2.73 bits per heavy atom. The summed E-state index contributed by atoms with van der Waals surface area (Å²) in [5.41, 5.74) is 5.72. The number of aliphatic imine (C=N–C) groups is 1. The Morgan fingerprint density at radius 1 is 1.60 bits per heavy atom. The molecule has 0 aromatic carbocycles. The molecular formula is C11H23N3O. The van der Waals surface area contributed by atoms with Gasteiger partial charge in [0.2, 0.25) is 0 Å². The summed E-state index contributed by atoms with van der Waals surface area (Å²) in [6.45, 7) is 8.98. The Hall–Kier alpha value is -0.770. The van der Waals surface area contributed by atoms with Crippen molar-refractivity contribution in [2.24, 2.45) is 10.7 Å². The van der Waals surface area contributed by atoms with Gasteiger partial charge in [0.1, 0.15) is 0 Å². The van der Waals surface area contributed by atoms with Gasteiger partial charge in [-0.25, -0.2) is 0 Å². The Bertz CT molecular complexity index is 236. The summed E-state index contributed by atoms with van der Waals surface area (Å²) in [7, 11) is 0. The SMILES string of the molecule is CC(C)NC(N)=NCC1CCC(C)(C)O1. The number of guanidine groups is 1. The second-order valence-electron chi connectivity index (χ2n) is 5.06. The topological polar surface area (TPSA) is 59.6 Å². The molecule has 1 rings (SSSR count). The van der Waals surface area contributed by atoms with Gasteiger partial charge in [0.05, 0.1) is 18.2 Å². The molecule has 4 nitrogen and oxygen atoms in total. The highest BCUT2D eigenvalue weighted by atomic mass is 16.5. The molecule has 1 aliphatic rings. The zero-order chi connectivity index (χ0) is 11.5. The smallest absolute Gasteiger partial charge is 0.188 e. The van der Waals surface area contributed by atoms with Crippen molar-refractivity contribution in [3.8, 4) is 0 Å². The van der Waals surface area contributed by atoms with Crippen LogP contribution in [0.5, 0.6) is 0 Å². The Morgan fingerprint density at radius 2 is 2.27 bits per heavy atom. The molecule has 1 heterocycles. The third-order valence-corrected chi connectivity index (χ3v) is 2.46. The molecule has 0 aliphatic carbocycles. The van der Waals surface area contributed by atoms with E-state index in [9.17, 15) is 0 Å². The van der Waals surface area contributed by atoms with E-state index in [1.54, 1.807) is 0 Å². The molecule has 0 aromatic rings. The van der Waals surface area contributed by atoms with Crippen LogP contribution in [0.4, 0.5) is 0 Å². The van der Waals surface area contributed by atoms with Crippen molar-refractivity contribution in [2.45, 2.75) is 58.3 Å². The quantitative estimate of drug-likeness (QED) is 0.548. The summed E-state index contributed by atoms with van der Waals surface area (Å²) in [6.07, 6.45) is 2.41. The summed E-state index contributed by atoms with van der Waals surface area (Å²) < 4.78 is 5.81. The molecule has 88 valence electrons. The lowest BCUT2D eigenvalue weighted by atomic mass is 10.1. The maximum Gasteiger partial charge on any atom is 0.188 e. The van der Waals surface area contributed by atoms with E-state index in [0.717, 1.165) is 12.8 Å². The number of ether oxygens (including phenoxy) is 1. The first-order chi connectivity index (χ1) is 6.89. The number of hydrogen-bond acceptors (Lipinski definition) is 2. The monoisotopic (exact) mass is 213 g/mol.